The van der Waals surface area contributed by atoms with Crippen molar-refractivity contribution in [2.45, 2.75) is 12.5 Å². The molecule has 0 unspecified atom stereocenters. The third-order valence-electron chi connectivity index (χ3n) is 4.41. The second-order valence-electron chi connectivity index (χ2n) is 5.95. The van der Waals surface area contributed by atoms with Gasteiger partial charge in [0.1, 0.15) is 5.82 Å². The Morgan fingerprint density at radius 3 is 2.68 bits per heavy atom. The number of anilines is 2. The zero-order chi connectivity index (χ0) is 17.8. The van der Waals surface area contributed by atoms with Gasteiger partial charge in [-0.1, -0.05) is 34.1 Å². The number of nitrogens with two attached hydrogens (primary N) is 1. The molecule has 1 aromatic heterocycles. The van der Waals surface area contributed by atoms with E-state index in [1.54, 1.807) is 25.1 Å². The highest BCUT2D eigenvalue weighted by atomic mass is 79.9. The maximum absolute atomic E-state index is 12.6. The van der Waals surface area contributed by atoms with Crippen molar-refractivity contribution in [1.82, 2.24) is 9.78 Å². The van der Waals surface area contributed by atoms with E-state index in [2.05, 4.69) is 26.3 Å². The number of nitrogens with one attached hydrogen (secondary N) is 1. The molecule has 1 atom stereocenters. The van der Waals surface area contributed by atoms with Gasteiger partial charge in [0.25, 0.3) is 5.91 Å². The van der Waals surface area contributed by atoms with Crippen LogP contribution in [0.5, 0.6) is 0 Å². The molecule has 7 heteroatoms. The monoisotopic (exact) mass is 398 g/mol. The zero-order valence-electron chi connectivity index (χ0n) is 13.3. The first-order valence-corrected chi connectivity index (χ1v) is 8.47. The molecule has 0 aliphatic carbocycles. The number of para-hydroxylation sites is 1. The minimum atomic E-state index is -1.89. The zero-order valence-corrected chi connectivity index (χ0v) is 14.9. The van der Waals surface area contributed by atoms with E-state index in [-0.39, 0.29) is 5.82 Å². The average Bonchev–Trinajstić information content (AvgIpc) is 3.03. The van der Waals surface area contributed by atoms with Crippen LogP contribution in [0.2, 0.25) is 0 Å². The van der Waals surface area contributed by atoms with Gasteiger partial charge in [0.15, 0.2) is 0 Å². The van der Waals surface area contributed by atoms with E-state index in [4.69, 9.17) is 5.73 Å². The van der Waals surface area contributed by atoms with Gasteiger partial charge in [0, 0.05) is 15.7 Å². The van der Waals surface area contributed by atoms with Crippen molar-refractivity contribution >= 4 is 33.3 Å². The first kappa shape index (κ1) is 15.9. The number of fused-ring (bicyclic) bond motifs is 1. The van der Waals surface area contributed by atoms with E-state index in [0.29, 0.717) is 22.5 Å². The van der Waals surface area contributed by atoms with Gasteiger partial charge in [0.05, 0.1) is 16.9 Å². The van der Waals surface area contributed by atoms with Crippen molar-refractivity contribution in [3.63, 3.8) is 0 Å². The first-order valence-electron chi connectivity index (χ1n) is 7.67. The number of carbonyl (C=O) groups excluding carboxylic acids is 1. The van der Waals surface area contributed by atoms with Crippen molar-refractivity contribution in [2.75, 3.05) is 11.1 Å². The highest BCUT2D eigenvalue weighted by Crippen LogP contribution is 2.45. The Balaban J connectivity index is 1.96. The molecular formula is C18H15BrN4O2. The smallest absolute Gasteiger partial charge is 0.266 e. The number of halogens is 1. The molecule has 1 aliphatic rings. The maximum Gasteiger partial charge on any atom is 0.266 e. The molecule has 0 radical (unpaired) electrons. The molecule has 0 saturated heterocycles. The fraction of sp³-hybridized carbons (Fsp3) is 0.111. The lowest BCUT2D eigenvalue weighted by Crippen LogP contribution is -2.36. The van der Waals surface area contributed by atoms with Crippen LogP contribution in [-0.4, -0.2) is 20.8 Å². The quantitative estimate of drug-likeness (QED) is 0.618. The van der Waals surface area contributed by atoms with Crippen LogP contribution in [0.15, 0.2) is 53.0 Å². The average molecular weight is 399 g/mol. The molecule has 2 aromatic carbocycles. The van der Waals surface area contributed by atoms with Gasteiger partial charge in [-0.25, -0.2) is 4.68 Å². The lowest BCUT2D eigenvalue weighted by atomic mass is 9.87. The van der Waals surface area contributed by atoms with Crippen LogP contribution < -0.4 is 11.1 Å². The molecule has 3 aromatic rings. The summed E-state index contributed by atoms with van der Waals surface area (Å²) in [5.41, 5.74) is 6.97. The topological polar surface area (TPSA) is 93.2 Å². The molecule has 0 saturated carbocycles. The number of nitrogen functional groups attached to an aromatic ring is 1. The molecule has 1 aliphatic heterocycles. The number of hydrogen-bond acceptors (Lipinski definition) is 4. The SMILES string of the molecule is Cc1nn(-c2ccccc2)c(N)c1[C@@]1(O)C(=O)Nc2ccc(Br)cc21. The Morgan fingerprint density at radius 2 is 1.96 bits per heavy atom. The summed E-state index contributed by atoms with van der Waals surface area (Å²) in [6, 6.07) is 14.6. The van der Waals surface area contributed by atoms with E-state index in [1.165, 1.54) is 4.68 Å². The summed E-state index contributed by atoms with van der Waals surface area (Å²) < 4.78 is 2.29. The largest absolute Gasteiger partial charge is 0.383 e. The van der Waals surface area contributed by atoms with Crippen LogP contribution in [0.4, 0.5) is 11.5 Å². The summed E-state index contributed by atoms with van der Waals surface area (Å²) >= 11 is 3.39. The first-order chi connectivity index (χ1) is 11.9. The third-order valence-corrected chi connectivity index (χ3v) is 4.90. The summed E-state index contributed by atoms with van der Waals surface area (Å²) in [5.74, 6) is -0.308. The molecule has 0 fully saturated rings. The van der Waals surface area contributed by atoms with Gasteiger partial charge in [-0.15, -0.1) is 0 Å². The van der Waals surface area contributed by atoms with Gasteiger partial charge < -0.3 is 16.2 Å². The Labute approximate surface area is 152 Å². The molecule has 126 valence electrons. The van der Waals surface area contributed by atoms with Crippen molar-refractivity contribution in [2.24, 2.45) is 0 Å². The van der Waals surface area contributed by atoms with E-state index < -0.39 is 11.5 Å². The van der Waals surface area contributed by atoms with Crippen molar-refractivity contribution < 1.29 is 9.90 Å². The number of aromatic nitrogens is 2. The van der Waals surface area contributed by atoms with E-state index in [9.17, 15) is 9.90 Å². The Kier molecular flexibility index (Phi) is 3.45. The minimum absolute atomic E-state index is 0.231. The van der Waals surface area contributed by atoms with Crippen LogP contribution in [-0.2, 0) is 10.4 Å². The Morgan fingerprint density at radius 1 is 1.24 bits per heavy atom. The minimum Gasteiger partial charge on any atom is -0.383 e. The summed E-state index contributed by atoms with van der Waals surface area (Å²) in [6.45, 7) is 1.73. The highest BCUT2D eigenvalue weighted by molar-refractivity contribution is 9.10. The Hall–Kier alpha value is -2.64. The Bertz CT molecular complexity index is 1000. The summed E-state index contributed by atoms with van der Waals surface area (Å²) in [7, 11) is 0. The van der Waals surface area contributed by atoms with Crippen LogP contribution in [0.1, 0.15) is 16.8 Å². The predicted octanol–water partition coefficient (Wildman–Crippen LogP) is 2.71. The van der Waals surface area contributed by atoms with Gasteiger partial charge in [-0.05, 0) is 37.3 Å². The number of hydrogen-bond donors (Lipinski definition) is 3. The number of amides is 1. The second kappa shape index (κ2) is 5.44. The number of rotatable bonds is 2. The van der Waals surface area contributed by atoms with Crippen molar-refractivity contribution in [3.8, 4) is 5.69 Å². The third kappa shape index (κ3) is 2.20. The van der Waals surface area contributed by atoms with Crippen LogP contribution >= 0.6 is 15.9 Å². The molecule has 2 heterocycles. The fourth-order valence-electron chi connectivity index (χ4n) is 3.27. The standard InChI is InChI=1S/C18H15BrN4O2/c1-10-15(16(20)23(22-10)12-5-3-2-4-6-12)18(25)13-9-11(19)7-8-14(13)21-17(18)24/h2-9,25H,20H2,1H3,(H,21,24)/t18-/m1/s1. The van der Waals surface area contributed by atoms with E-state index in [1.807, 2.05) is 30.3 Å². The van der Waals surface area contributed by atoms with Crippen molar-refractivity contribution in [1.29, 1.82) is 0 Å². The lowest BCUT2D eigenvalue weighted by Gasteiger charge is -2.21. The number of aryl methyl sites for hydroxylation is 1. The van der Waals surface area contributed by atoms with Gasteiger partial charge in [-0.3, -0.25) is 4.79 Å². The van der Waals surface area contributed by atoms with Gasteiger partial charge >= 0.3 is 0 Å². The molecule has 6 nitrogen and oxygen atoms in total. The number of benzene rings is 2. The molecule has 4 rings (SSSR count). The van der Waals surface area contributed by atoms with Crippen LogP contribution in [0.25, 0.3) is 5.69 Å². The molecular weight excluding hydrogens is 384 g/mol. The van der Waals surface area contributed by atoms with E-state index in [0.717, 1.165) is 10.2 Å². The summed E-state index contributed by atoms with van der Waals surface area (Å²) in [5, 5.41) is 18.5. The molecule has 25 heavy (non-hydrogen) atoms. The number of carbonyl (C=O) groups is 1. The van der Waals surface area contributed by atoms with Gasteiger partial charge in [0.2, 0.25) is 5.60 Å². The van der Waals surface area contributed by atoms with Crippen molar-refractivity contribution in [3.05, 3.63) is 69.8 Å². The van der Waals surface area contributed by atoms with E-state index >= 15 is 0 Å². The lowest BCUT2D eigenvalue weighted by molar-refractivity contribution is -0.129. The molecule has 4 N–H and O–H groups in total. The van der Waals surface area contributed by atoms with Crippen LogP contribution in [0, 0.1) is 6.92 Å². The predicted molar refractivity (Wildman–Crippen MR) is 98.5 cm³/mol. The summed E-state index contributed by atoms with van der Waals surface area (Å²) in [4.78, 5) is 12.6. The van der Waals surface area contributed by atoms with Crippen LogP contribution in [0.3, 0.4) is 0 Å². The number of nitrogens with zero attached hydrogens (tertiary/aromatic N) is 2. The number of aliphatic hydroxyl groups is 1. The normalized spacial score (nSPS) is 18.9. The van der Waals surface area contributed by atoms with Gasteiger partial charge in [-0.2, -0.15) is 5.10 Å². The highest BCUT2D eigenvalue weighted by Gasteiger charge is 2.50. The molecule has 0 bridgehead atoms. The summed E-state index contributed by atoms with van der Waals surface area (Å²) in [6.07, 6.45) is 0. The maximum atomic E-state index is 12.6. The fourth-order valence-corrected chi connectivity index (χ4v) is 3.63. The molecule has 0 spiro atoms. The molecule has 1 amide bonds. The second-order valence-corrected chi connectivity index (χ2v) is 6.86.